The molecule has 4 nitrogen and oxygen atoms in total. The molecule has 0 fully saturated rings. The number of ether oxygens (including phenoxy) is 1. The van der Waals surface area contributed by atoms with Gasteiger partial charge in [0.2, 0.25) is 11.2 Å². The summed E-state index contributed by atoms with van der Waals surface area (Å²) in [6.45, 7) is 0. The van der Waals surface area contributed by atoms with E-state index >= 15 is 0 Å². The molecule has 1 aromatic carbocycles. The van der Waals surface area contributed by atoms with E-state index in [1.165, 1.54) is 0 Å². The lowest BCUT2D eigenvalue weighted by Gasteiger charge is -2.09. The number of rotatable bonds is 3. The minimum atomic E-state index is -0.528. The molecule has 2 heterocycles. The van der Waals surface area contributed by atoms with Gasteiger partial charge in [-0.2, -0.15) is 0 Å². The molecule has 0 atom stereocenters. The fraction of sp³-hybridized carbons (Fsp3) is 0.0625. The maximum atomic E-state index is 13.9. The van der Waals surface area contributed by atoms with Gasteiger partial charge < -0.3 is 4.74 Å². The Kier molecular flexibility index (Phi) is 3.98. The molecule has 0 bridgehead atoms. The summed E-state index contributed by atoms with van der Waals surface area (Å²) in [6.07, 6.45) is 2.71. The Bertz CT molecular complexity index is 826. The third-order valence-electron chi connectivity index (χ3n) is 3.13. The average molecular weight is 316 g/mol. The Labute approximate surface area is 131 Å². The lowest BCUT2D eigenvalue weighted by molar-refractivity contribution is 0.399. The number of hydrogen-bond acceptors (Lipinski definition) is 4. The van der Waals surface area contributed by atoms with Gasteiger partial charge in [-0.3, -0.25) is 0 Å². The first kappa shape index (κ1) is 14.4. The monoisotopic (exact) mass is 315 g/mol. The third kappa shape index (κ3) is 2.76. The van der Waals surface area contributed by atoms with Crippen molar-refractivity contribution in [3.05, 3.63) is 59.9 Å². The topological polar surface area (TPSA) is 47.9 Å². The van der Waals surface area contributed by atoms with Crippen LogP contribution in [0, 0.1) is 5.82 Å². The maximum Gasteiger partial charge on any atom is 0.223 e. The van der Waals surface area contributed by atoms with Crippen LogP contribution in [-0.2, 0) is 0 Å². The molecule has 0 aliphatic rings. The highest BCUT2D eigenvalue weighted by Crippen LogP contribution is 2.31. The second-order valence-corrected chi connectivity index (χ2v) is 4.81. The van der Waals surface area contributed by atoms with Crippen LogP contribution in [0.1, 0.15) is 0 Å². The summed E-state index contributed by atoms with van der Waals surface area (Å²) in [5.74, 6) is -0.0273. The lowest BCUT2D eigenvalue weighted by atomic mass is 10.0. The van der Waals surface area contributed by atoms with Crippen molar-refractivity contribution in [1.82, 2.24) is 15.0 Å². The molecule has 0 aliphatic carbocycles. The van der Waals surface area contributed by atoms with Gasteiger partial charge >= 0.3 is 0 Å². The van der Waals surface area contributed by atoms with Crippen molar-refractivity contribution in [1.29, 1.82) is 0 Å². The Balaban J connectivity index is 2.12. The molecule has 3 rings (SSSR count). The van der Waals surface area contributed by atoms with Gasteiger partial charge in [0.05, 0.1) is 13.3 Å². The van der Waals surface area contributed by atoms with Crippen molar-refractivity contribution < 1.29 is 9.13 Å². The van der Waals surface area contributed by atoms with Crippen molar-refractivity contribution in [3.63, 3.8) is 0 Å². The van der Waals surface area contributed by atoms with E-state index in [9.17, 15) is 4.39 Å². The van der Waals surface area contributed by atoms with E-state index in [4.69, 9.17) is 16.3 Å². The fourth-order valence-electron chi connectivity index (χ4n) is 2.16. The molecule has 22 heavy (non-hydrogen) atoms. The second-order valence-electron chi connectivity index (χ2n) is 4.48. The number of methoxy groups -OCH3 is 1. The molecule has 0 radical (unpaired) electrons. The SMILES string of the molecule is COc1ncccc1-c1cccc(-c2nc(Cl)ncc2F)c1. The number of nitrogens with zero attached hydrogens (tertiary/aromatic N) is 3. The highest BCUT2D eigenvalue weighted by atomic mass is 35.5. The zero-order valence-electron chi connectivity index (χ0n) is 11.6. The van der Waals surface area contributed by atoms with Crippen molar-refractivity contribution >= 4 is 11.6 Å². The first-order valence-electron chi connectivity index (χ1n) is 6.47. The summed E-state index contributed by atoms with van der Waals surface area (Å²) < 4.78 is 19.2. The predicted molar refractivity (Wildman–Crippen MR) is 82.2 cm³/mol. The third-order valence-corrected chi connectivity index (χ3v) is 3.31. The van der Waals surface area contributed by atoms with Crippen LogP contribution in [0.25, 0.3) is 22.4 Å². The summed E-state index contributed by atoms with van der Waals surface area (Å²) in [4.78, 5) is 11.7. The highest BCUT2D eigenvalue weighted by Gasteiger charge is 2.12. The Morgan fingerprint density at radius 1 is 1.09 bits per heavy atom. The van der Waals surface area contributed by atoms with Gasteiger partial charge in [0.25, 0.3) is 0 Å². The molecular formula is C16H11ClFN3O. The van der Waals surface area contributed by atoms with Crippen molar-refractivity contribution in [2.24, 2.45) is 0 Å². The summed E-state index contributed by atoms with van der Waals surface area (Å²) in [6, 6.07) is 11.0. The summed E-state index contributed by atoms with van der Waals surface area (Å²) >= 11 is 5.75. The van der Waals surface area contributed by atoms with Crippen LogP contribution in [-0.4, -0.2) is 22.1 Å². The van der Waals surface area contributed by atoms with E-state index < -0.39 is 5.82 Å². The molecule has 2 aromatic heterocycles. The molecule has 110 valence electrons. The molecular weight excluding hydrogens is 305 g/mol. The molecule has 0 aliphatic heterocycles. The second kappa shape index (κ2) is 6.07. The van der Waals surface area contributed by atoms with E-state index in [-0.39, 0.29) is 11.0 Å². The molecule has 0 spiro atoms. The van der Waals surface area contributed by atoms with Crippen LogP contribution >= 0.6 is 11.6 Å². The average Bonchev–Trinajstić information content (AvgIpc) is 2.57. The zero-order chi connectivity index (χ0) is 15.5. The summed E-state index contributed by atoms with van der Waals surface area (Å²) in [5, 5.41) is 0.000705. The number of aromatic nitrogens is 3. The van der Waals surface area contributed by atoms with E-state index in [1.54, 1.807) is 25.4 Å². The molecule has 0 unspecified atom stereocenters. The van der Waals surface area contributed by atoms with Crippen molar-refractivity contribution in [3.8, 4) is 28.3 Å². The van der Waals surface area contributed by atoms with E-state index in [1.807, 2.05) is 24.3 Å². The lowest BCUT2D eigenvalue weighted by Crippen LogP contribution is -1.94. The summed E-state index contributed by atoms with van der Waals surface area (Å²) in [5.41, 5.74) is 2.42. The van der Waals surface area contributed by atoms with Gasteiger partial charge in [-0.15, -0.1) is 0 Å². The number of halogens is 2. The quantitative estimate of drug-likeness (QED) is 0.685. The van der Waals surface area contributed by atoms with E-state index in [0.717, 1.165) is 17.3 Å². The van der Waals surface area contributed by atoms with Crippen LogP contribution in [0.3, 0.4) is 0 Å². The van der Waals surface area contributed by atoms with Gasteiger partial charge in [0, 0.05) is 17.3 Å². The standard InChI is InChI=1S/C16H11ClFN3O/c1-22-15-12(6-3-7-19-15)10-4-2-5-11(8-10)14-13(18)9-20-16(17)21-14/h2-9H,1H3. The van der Waals surface area contributed by atoms with Gasteiger partial charge in [-0.1, -0.05) is 18.2 Å². The van der Waals surface area contributed by atoms with Crippen molar-refractivity contribution in [2.75, 3.05) is 7.11 Å². The van der Waals surface area contributed by atoms with Crippen LogP contribution in [0.15, 0.2) is 48.8 Å². The van der Waals surface area contributed by atoms with Gasteiger partial charge in [-0.25, -0.2) is 19.3 Å². The molecule has 6 heteroatoms. The molecule has 0 amide bonds. The van der Waals surface area contributed by atoms with Gasteiger partial charge in [-0.05, 0) is 35.4 Å². The van der Waals surface area contributed by atoms with Gasteiger partial charge in [0.15, 0.2) is 5.82 Å². The Morgan fingerprint density at radius 2 is 1.91 bits per heavy atom. The normalized spacial score (nSPS) is 10.5. The molecule has 3 aromatic rings. The maximum absolute atomic E-state index is 13.9. The summed E-state index contributed by atoms with van der Waals surface area (Å²) in [7, 11) is 1.56. The van der Waals surface area contributed by atoms with Crippen LogP contribution in [0.5, 0.6) is 5.88 Å². The van der Waals surface area contributed by atoms with Gasteiger partial charge in [0.1, 0.15) is 5.69 Å². The van der Waals surface area contributed by atoms with E-state index in [0.29, 0.717) is 11.4 Å². The predicted octanol–water partition coefficient (Wildman–Crippen LogP) is 4.01. The minimum absolute atomic E-state index is 0.000705. The minimum Gasteiger partial charge on any atom is -0.481 e. The highest BCUT2D eigenvalue weighted by molar-refractivity contribution is 6.28. The molecule has 0 saturated heterocycles. The number of pyridine rings is 1. The van der Waals surface area contributed by atoms with Crippen LogP contribution < -0.4 is 4.74 Å². The first-order valence-corrected chi connectivity index (χ1v) is 6.84. The molecule has 0 N–H and O–H groups in total. The van der Waals surface area contributed by atoms with Crippen molar-refractivity contribution in [2.45, 2.75) is 0 Å². The van der Waals surface area contributed by atoms with Crippen LogP contribution in [0.4, 0.5) is 4.39 Å². The number of hydrogen-bond donors (Lipinski definition) is 0. The zero-order valence-corrected chi connectivity index (χ0v) is 12.4. The van der Waals surface area contributed by atoms with Crippen LogP contribution in [0.2, 0.25) is 5.28 Å². The number of benzene rings is 1. The Hall–Kier alpha value is -2.53. The Morgan fingerprint density at radius 3 is 2.73 bits per heavy atom. The largest absolute Gasteiger partial charge is 0.481 e. The smallest absolute Gasteiger partial charge is 0.223 e. The first-order chi connectivity index (χ1) is 10.7. The fourth-order valence-corrected chi connectivity index (χ4v) is 2.29. The molecule has 0 saturated carbocycles. The van der Waals surface area contributed by atoms with E-state index in [2.05, 4.69) is 15.0 Å².